The lowest BCUT2D eigenvalue weighted by molar-refractivity contribution is -0.00158. The van der Waals surface area contributed by atoms with Gasteiger partial charge in [-0.05, 0) is 49.4 Å². The minimum Gasteiger partial charge on any atom is -0.382 e. The summed E-state index contributed by atoms with van der Waals surface area (Å²) < 4.78 is 12.8. The molecule has 1 aliphatic carbocycles. The smallest absolute Gasteiger partial charge is 0.241 e. The third kappa shape index (κ3) is 4.35. The van der Waals surface area contributed by atoms with Gasteiger partial charge in [0.25, 0.3) is 0 Å². The Bertz CT molecular complexity index is 1170. The van der Waals surface area contributed by atoms with Crippen LogP contribution < -0.4 is 5.32 Å². The molecule has 3 aromatic heterocycles. The van der Waals surface area contributed by atoms with Crippen LogP contribution in [0.15, 0.2) is 49.1 Å². The molecular formula is C23H26N6O2. The summed E-state index contributed by atoms with van der Waals surface area (Å²) >= 11 is 0. The van der Waals surface area contributed by atoms with Crippen molar-refractivity contribution in [3.63, 3.8) is 0 Å². The Morgan fingerprint density at radius 2 is 1.84 bits per heavy atom. The third-order valence-corrected chi connectivity index (χ3v) is 5.85. The molecule has 0 unspecified atom stereocenters. The van der Waals surface area contributed by atoms with Crippen LogP contribution in [-0.2, 0) is 9.47 Å². The van der Waals surface area contributed by atoms with E-state index in [0.29, 0.717) is 31.3 Å². The van der Waals surface area contributed by atoms with Gasteiger partial charge in [0.2, 0.25) is 5.95 Å². The molecule has 0 bridgehead atoms. The van der Waals surface area contributed by atoms with Crippen LogP contribution in [0.5, 0.6) is 0 Å². The second-order valence-corrected chi connectivity index (χ2v) is 7.88. The average Bonchev–Trinajstić information content (AvgIpc) is 3.23. The summed E-state index contributed by atoms with van der Waals surface area (Å²) in [4.78, 5) is 13.3. The predicted molar refractivity (Wildman–Crippen MR) is 119 cm³/mol. The zero-order valence-electron chi connectivity index (χ0n) is 17.6. The summed E-state index contributed by atoms with van der Waals surface area (Å²) in [5.74, 6) is 0.655. The van der Waals surface area contributed by atoms with Crippen molar-refractivity contribution < 1.29 is 9.47 Å². The fourth-order valence-electron chi connectivity index (χ4n) is 4.20. The van der Waals surface area contributed by atoms with Crippen LogP contribution in [0.25, 0.3) is 27.7 Å². The first-order valence-electron chi connectivity index (χ1n) is 10.7. The molecule has 0 atom stereocenters. The highest BCUT2D eigenvalue weighted by Gasteiger charge is 2.22. The van der Waals surface area contributed by atoms with Crippen molar-refractivity contribution in [3.8, 4) is 11.1 Å². The van der Waals surface area contributed by atoms with Crippen molar-refractivity contribution in [1.82, 2.24) is 24.6 Å². The molecule has 0 amide bonds. The van der Waals surface area contributed by atoms with Crippen molar-refractivity contribution >= 4 is 22.5 Å². The van der Waals surface area contributed by atoms with Crippen LogP contribution >= 0.6 is 0 Å². The van der Waals surface area contributed by atoms with Crippen LogP contribution in [0.2, 0.25) is 0 Å². The van der Waals surface area contributed by atoms with Crippen LogP contribution in [0.1, 0.15) is 25.7 Å². The van der Waals surface area contributed by atoms with Gasteiger partial charge in [0, 0.05) is 37.3 Å². The molecule has 0 saturated heterocycles. The molecule has 31 heavy (non-hydrogen) atoms. The molecule has 5 rings (SSSR count). The molecular weight excluding hydrogens is 392 g/mol. The van der Waals surface area contributed by atoms with E-state index in [9.17, 15) is 0 Å². The highest BCUT2D eigenvalue weighted by atomic mass is 16.5. The Labute approximate surface area is 180 Å². The number of hydrogen-bond acceptors (Lipinski definition) is 7. The van der Waals surface area contributed by atoms with Crippen molar-refractivity contribution in [2.75, 3.05) is 25.6 Å². The summed E-state index contributed by atoms with van der Waals surface area (Å²) in [6.45, 7) is 1.32. The quantitative estimate of drug-likeness (QED) is 0.458. The van der Waals surface area contributed by atoms with E-state index in [2.05, 4.69) is 43.6 Å². The summed E-state index contributed by atoms with van der Waals surface area (Å²) in [6.07, 6.45) is 11.8. The maximum Gasteiger partial charge on any atom is 0.241 e. The molecule has 0 aliphatic heterocycles. The molecule has 3 heterocycles. The van der Waals surface area contributed by atoms with E-state index in [4.69, 9.17) is 9.47 Å². The number of nitrogens with one attached hydrogen (secondary N) is 1. The molecule has 1 N–H and O–H groups in total. The van der Waals surface area contributed by atoms with Crippen LogP contribution in [-0.4, -0.2) is 57.0 Å². The molecule has 8 nitrogen and oxygen atoms in total. The number of anilines is 1. The van der Waals surface area contributed by atoms with Gasteiger partial charge >= 0.3 is 0 Å². The average molecular weight is 419 g/mol. The van der Waals surface area contributed by atoms with Gasteiger partial charge in [-0.2, -0.15) is 0 Å². The summed E-state index contributed by atoms with van der Waals surface area (Å²) in [7, 11) is 1.70. The van der Waals surface area contributed by atoms with Gasteiger partial charge in [-0.15, -0.1) is 5.10 Å². The van der Waals surface area contributed by atoms with Crippen LogP contribution in [0, 0.1) is 0 Å². The number of rotatable bonds is 7. The van der Waals surface area contributed by atoms with Gasteiger partial charge in [-0.1, -0.05) is 6.07 Å². The van der Waals surface area contributed by atoms with E-state index in [1.165, 1.54) is 0 Å². The molecule has 1 saturated carbocycles. The summed E-state index contributed by atoms with van der Waals surface area (Å²) in [6, 6.07) is 8.54. The second-order valence-electron chi connectivity index (χ2n) is 7.88. The molecule has 0 radical (unpaired) electrons. The van der Waals surface area contributed by atoms with Gasteiger partial charge in [-0.3, -0.25) is 9.97 Å². The zero-order chi connectivity index (χ0) is 21.0. The van der Waals surface area contributed by atoms with E-state index >= 15 is 0 Å². The van der Waals surface area contributed by atoms with Gasteiger partial charge in [0.1, 0.15) is 0 Å². The second kappa shape index (κ2) is 8.95. The van der Waals surface area contributed by atoms with E-state index in [-0.39, 0.29) is 0 Å². The Morgan fingerprint density at radius 1 is 1.00 bits per heavy atom. The Kier molecular flexibility index (Phi) is 5.73. The van der Waals surface area contributed by atoms with E-state index in [1.807, 2.05) is 23.0 Å². The molecule has 160 valence electrons. The van der Waals surface area contributed by atoms with E-state index in [0.717, 1.165) is 53.4 Å². The van der Waals surface area contributed by atoms with Crippen molar-refractivity contribution in [1.29, 1.82) is 0 Å². The van der Waals surface area contributed by atoms with Gasteiger partial charge in [-0.25, -0.2) is 9.50 Å². The SMILES string of the molecule is COCCO[C@H]1CC[C@H](Nc2ncc3c(-c4ccc5nccnc5c4)ccn3n2)CC1. The number of benzene rings is 1. The van der Waals surface area contributed by atoms with Crippen LogP contribution in [0.4, 0.5) is 5.95 Å². The van der Waals surface area contributed by atoms with Gasteiger partial charge in [0.15, 0.2) is 0 Å². The lowest BCUT2D eigenvalue weighted by Crippen LogP contribution is -2.31. The Morgan fingerprint density at radius 3 is 2.68 bits per heavy atom. The standard InChI is InChI=1S/C23H26N6O2/c1-30-12-13-31-18-5-3-17(4-6-18)27-23-26-15-22-19(8-11-29(22)28-23)16-2-7-20-21(14-16)25-10-9-24-20/h2,7-11,14-15,17-18H,3-6,12-13H2,1H3,(H,27,28)/t17-,18-. The summed E-state index contributed by atoms with van der Waals surface area (Å²) in [5, 5.41) is 8.17. The van der Waals surface area contributed by atoms with Gasteiger partial charge < -0.3 is 14.8 Å². The number of fused-ring (bicyclic) bond motifs is 2. The molecule has 4 aromatic rings. The van der Waals surface area contributed by atoms with Crippen molar-refractivity contribution in [2.24, 2.45) is 0 Å². The predicted octanol–water partition coefficient (Wildman–Crippen LogP) is 3.73. The van der Waals surface area contributed by atoms with E-state index in [1.54, 1.807) is 19.5 Å². The highest BCUT2D eigenvalue weighted by molar-refractivity contribution is 5.86. The monoisotopic (exact) mass is 418 g/mol. The Hall–Kier alpha value is -3.10. The minimum absolute atomic E-state index is 0.329. The first kappa shape index (κ1) is 19.8. The lowest BCUT2D eigenvalue weighted by Gasteiger charge is -2.29. The maximum atomic E-state index is 5.85. The maximum absolute atomic E-state index is 5.85. The number of hydrogen-bond donors (Lipinski definition) is 1. The van der Waals surface area contributed by atoms with Crippen LogP contribution in [0.3, 0.4) is 0 Å². The van der Waals surface area contributed by atoms with Gasteiger partial charge in [0.05, 0.1) is 42.1 Å². The van der Waals surface area contributed by atoms with E-state index < -0.39 is 0 Å². The first-order chi connectivity index (χ1) is 15.3. The number of nitrogens with zero attached hydrogens (tertiary/aromatic N) is 5. The molecule has 1 aromatic carbocycles. The molecule has 8 heteroatoms. The molecule has 1 fully saturated rings. The highest BCUT2D eigenvalue weighted by Crippen LogP contribution is 2.28. The Balaban J connectivity index is 1.27. The molecule has 0 spiro atoms. The fourth-order valence-corrected chi connectivity index (χ4v) is 4.20. The largest absolute Gasteiger partial charge is 0.382 e. The minimum atomic E-state index is 0.329. The number of aromatic nitrogens is 5. The number of ether oxygens (including phenoxy) is 2. The third-order valence-electron chi connectivity index (χ3n) is 5.85. The number of methoxy groups -OCH3 is 1. The topological polar surface area (TPSA) is 86.5 Å². The lowest BCUT2D eigenvalue weighted by atomic mass is 9.93. The van der Waals surface area contributed by atoms with Crippen molar-refractivity contribution in [3.05, 3.63) is 49.1 Å². The normalized spacial score (nSPS) is 19.1. The van der Waals surface area contributed by atoms with Crippen molar-refractivity contribution in [2.45, 2.75) is 37.8 Å². The fraction of sp³-hybridized carbons (Fsp3) is 0.391. The summed E-state index contributed by atoms with van der Waals surface area (Å²) in [5.41, 5.74) is 4.88. The zero-order valence-corrected chi connectivity index (χ0v) is 17.6. The molecule has 1 aliphatic rings. The first-order valence-corrected chi connectivity index (χ1v) is 10.7.